The van der Waals surface area contributed by atoms with Crippen molar-refractivity contribution in [3.05, 3.63) is 72.1 Å². The van der Waals surface area contributed by atoms with Gasteiger partial charge in [-0.25, -0.2) is 9.18 Å². The number of halogens is 1. The van der Waals surface area contributed by atoms with E-state index in [1.807, 2.05) is 54.6 Å². The van der Waals surface area contributed by atoms with Gasteiger partial charge in [0.25, 0.3) is 0 Å². The molecule has 0 aromatic heterocycles. The zero-order valence-corrected chi connectivity index (χ0v) is 14.9. The van der Waals surface area contributed by atoms with E-state index in [1.54, 1.807) is 20.8 Å². The zero-order valence-electron chi connectivity index (χ0n) is 14.9. The highest BCUT2D eigenvalue weighted by molar-refractivity contribution is 5.68. The maximum Gasteiger partial charge on any atom is 0.407 e. The lowest BCUT2D eigenvalue weighted by molar-refractivity contribution is 0.0532. The number of carbonyl (C=O) groups is 1. The summed E-state index contributed by atoms with van der Waals surface area (Å²) in [6, 6.07) is 18.0. The number of nitrogens with one attached hydrogen (secondary N) is 1. The van der Waals surface area contributed by atoms with Gasteiger partial charge in [0.2, 0.25) is 0 Å². The van der Waals surface area contributed by atoms with Crippen LogP contribution in [0.25, 0.3) is 11.1 Å². The van der Waals surface area contributed by atoms with Crippen LogP contribution < -0.4 is 5.32 Å². The fraction of sp³-hybridized carbons (Fsp3) is 0.286. The van der Waals surface area contributed by atoms with E-state index in [4.69, 9.17) is 4.74 Å². The Morgan fingerprint density at radius 1 is 1.04 bits per heavy atom. The molecule has 0 aliphatic carbocycles. The third kappa shape index (κ3) is 6.42. The second kappa shape index (κ2) is 8.47. The first-order valence-electron chi connectivity index (χ1n) is 8.27. The number of rotatable bonds is 5. The number of amides is 1. The molecule has 0 aliphatic rings. The Bertz CT molecular complexity index is 716. The average molecular weight is 341 g/mol. The van der Waals surface area contributed by atoms with Gasteiger partial charge in [-0.2, -0.15) is 0 Å². The first kappa shape index (κ1) is 18.7. The topological polar surface area (TPSA) is 38.3 Å². The second-order valence-electron chi connectivity index (χ2n) is 6.86. The summed E-state index contributed by atoms with van der Waals surface area (Å²) in [5.41, 5.74) is 3.15. The first-order valence-corrected chi connectivity index (χ1v) is 8.27. The van der Waals surface area contributed by atoms with Crippen LogP contribution in [0.4, 0.5) is 9.18 Å². The number of hydrogen-bond donors (Lipinski definition) is 1. The highest BCUT2D eigenvalue weighted by Gasteiger charge is 2.16. The highest BCUT2D eigenvalue weighted by Crippen LogP contribution is 2.20. The van der Waals surface area contributed by atoms with Gasteiger partial charge in [0.15, 0.2) is 0 Å². The lowest BCUT2D eigenvalue weighted by Gasteiger charge is -2.20. The molecule has 2 aromatic carbocycles. The van der Waals surface area contributed by atoms with E-state index in [0.717, 1.165) is 16.7 Å². The quantitative estimate of drug-likeness (QED) is 0.804. The smallest absolute Gasteiger partial charge is 0.407 e. The normalized spacial score (nSPS) is 11.9. The molecule has 0 atom stereocenters. The molecule has 0 radical (unpaired) electrons. The van der Waals surface area contributed by atoms with Gasteiger partial charge in [0, 0.05) is 6.54 Å². The van der Waals surface area contributed by atoms with Crippen LogP contribution in [0.5, 0.6) is 0 Å². The molecular weight excluding hydrogens is 317 g/mol. The molecule has 0 spiro atoms. The maximum atomic E-state index is 13.1. The number of ether oxygens (including phenoxy) is 1. The molecule has 1 amide bonds. The third-order valence-corrected chi connectivity index (χ3v) is 3.51. The van der Waals surface area contributed by atoms with E-state index in [2.05, 4.69) is 5.32 Å². The summed E-state index contributed by atoms with van der Waals surface area (Å²) in [6.07, 6.45) is 0.426. The number of alkyl carbamates (subject to hydrolysis) is 1. The summed E-state index contributed by atoms with van der Waals surface area (Å²) >= 11 is 0. The molecule has 132 valence electrons. The number of hydrogen-bond acceptors (Lipinski definition) is 2. The van der Waals surface area contributed by atoms with Gasteiger partial charge in [-0.15, -0.1) is 0 Å². The second-order valence-corrected chi connectivity index (χ2v) is 6.86. The predicted molar refractivity (Wildman–Crippen MR) is 99.0 cm³/mol. The number of benzene rings is 2. The molecule has 0 saturated heterocycles. The monoisotopic (exact) mass is 341 g/mol. The molecule has 3 nitrogen and oxygen atoms in total. The maximum absolute atomic E-state index is 13.1. The van der Waals surface area contributed by atoms with Crippen molar-refractivity contribution in [2.24, 2.45) is 0 Å². The minimum absolute atomic E-state index is 0.117. The van der Waals surface area contributed by atoms with E-state index in [1.165, 1.54) is 0 Å². The molecule has 25 heavy (non-hydrogen) atoms. The molecular formula is C21H24FNO2. The van der Waals surface area contributed by atoms with Crippen molar-refractivity contribution in [3.8, 4) is 11.1 Å². The molecule has 0 saturated carbocycles. The summed E-state index contributed by atoms with van der Waals surface area (Å²) in [6.45, 7) is 5.47. The van der Waals surface area contributed by atoms with Crippen LogP contribution in [0.2, 0.25) is 0 Å². The molecule has 2 rings (SSSR count). The van der Waals surface area contributed by atoms with Gasteiger partial charge in [-0.3, -0.25) is 0 Å². The van der Waals surface area contributed by atoms with Gasteiger partial charge in [0.1, 0.15) is 5.60 Å². The minimum Gasteiger partial charge on any atom is -0.444 e. The van der Waals surface area contributed by atoms with Crippen LogP contribution in [-0.4, -0.2) is 18.2 Å². The first-order chi connectivity index (χ1) is 11.9. The molecule has 0 heterocycles. The van der Waals surface area contributed by atoms with Crippen molar-refractivity contribution in [3.63, 3.8) is 0 Å². The Balaban J connectivity index is 1.92. The molecule has 0 fully saturated rings. The Labute approximate surface area is 148 Å². The molecule has 0 unspecified atom stereocenters. The van der Waals surface area contributed by atoms with Crippen LogP contribution in [0.3, 0.4) is 0 Å². The van der Waals surface area contributed by atoms with Crippen molar-refractivity contribution >= 4 is 6.09 Å². The molecule has 0 bridgehead atoms. The lowest BCUT2D eigenvalue weighted by Crippen LogP contribution is -2.33. The van der Waals surface area contributed by atoms with Crippen molar-refractivity contribution in [2.45, 2.75) is 32.8 Å². The van der Waals surface area contributed by atoms with E-state index >= 15 is 0 Å². The van der Waals surface area contributed by atoms with Crippen molar-refractivity contribution in [1.82, 2.24) is 5.32 Å². The zero-order chi connectivity index (χ0) is 18.3. The van der Waals surface area contributed by atoms with Crippen molar-refractivity contribution in [1.29, 1.82) is 0 Å². The van der Waals surface area contributed by atoms with Crippen LogP contribution in [0.1, 0.15) is 26.3 Å². The summed E-state index contributed by atoms with van der Waals surface area (Å²) in [7, 11) is 0. The van der Waals surface area contributed by atoms with Crippen molar-refractivity contribution < 1.29 is 13.9 Å². The largest absolute Gasteiger partial charge is 0.444 e. The van der Waals surface area contributed by atoms with Crippen LogP contribution in [-0.2, 0) is 11.2 Å². The van der Waals surface area contributed by atoms with E-state index < -0.39 is 11.7 Å². The third-order valence-electron chi connectivity index (χ3n) is 3.51. The van der Waals surface area contributed by atoms with E-state index in [-0.39, 0.29) is 6.54 Å². The Morgan fingerprint density at radius 2 is 1.64 bits per heavy atom. The van der Waals surface area contributed by atoms with Gasteiger partial charge in [-0.1, -0.05) is 54.6 Å². The molecule has 1 N–H and O–H groups in total. The predicted octanol–water partition coefficient (Wildman–Crippen LogP) is 5.27. The lowest BCUT2D eigenvalue weighted by atomic mass is 10.0. The van der Waals surface area contributed by atoms with Gasteiger partial charge in [0.05, 0.1) is 6.33 Å². The van der Waals surface area contributed by atoms with Crippen LogP contribution in [0, 0.1) is 0 Å². The van der Waals surface area contributed by atoms with Crippen LogP contribution in [0.15, 0.2) is 66.5 Å². The molecule has 4 heteroatoms. The van der Waals surface area contributed by atoms with Crippen molar-refractivity contribution in [2.75, 3.05) is 6.54 Å². The Morgan fingerprint density at radius 3 is 2.20 bits per heavy atom. The fourth-order valence-electron chi connectivity index (χ4n) is 2.35. The Hall–Kier alpha value is -2.62. The van der Waals surface area contributed by atoms with Gasteiger partial charge in [-0.05, 0) is 49.5 Å². The SMILES string of the molecule is CC(C)(C)OC(=O)NC/C(=C\F)Cc1ccc(-c2ccccc2)cc1. The summed E-state index contributed by atoms with van der Waals surface area (Å²) in [4.78, 5) is 11.7. The van der Waals surface area contributed by atoms with Crippen LogP contribution >= 0.6 is 0 Å². The van der Waals surface area contributed by atoms with Gasteiger partial charge < -0.3 is 10.1 Å². The standard InChI is InChI=1S/C21H24FNO2/c1-21(2,3)25-20(24)23-15-17(14-22)13-16-9-11-19(12-10-16)18-7-5-4-6-8-18/h4-12,14H,13,15H2,1-3H3,(H,23,24)/b17-14-. The molecule has 2 aromatic rings. The Kier molecular flexibility index (Phi) is 6.34. The summed E-state index contributed by atoms with van der Waals surface area (Å²) < 4.78 is 18.3. The van der Waals surface area contributed by atoms with E-state index in [0.29, 0.717) is 18.3 Å². The molecule has 0 aliphatic heterocycles. The highest BCUT2D eigenvalue weighted by atomic mass is 19.1. The van der Waals surface area contributed by atoms with Gasteiger partial charge >= 0.3 is 6.09 Å². The fourth-order valence-corrected chi connectivity index (χ4v) is 2.35. The van der Waals surface area contributed by atoms with E-state index in [9.17, 15) is 9.18 Å². The average Bonchev–Trinajstić information content (AvgIpc) is 2.58. The number of carbonyl (C=O) groups excluding carboxylic acids is 1. The summed E-state index contributed by atoms with van der Waals surface area (Å²) in [5.74, 6) is 0. The summed E-state index contributed by atoms with van der Waals surface area (Å²) in [5, 5.41) is 2.58. The minimum atomic E-state index is -0.572.